The van der Waals surface area contributed by atoms with Gasteiger partial charge in [-0.1, -0.05) is 18.2 Å². The Kier molecular flexibility index (Phi) is 6.91. The van der Waals surface area contributed by atoms with E-state index in [0.717, 1.165) is 11.3 Å². The zero-order chi connectivity index (χ0) is 20.2. The maximum atomic E-state index is 13.8. The summed E-state index contributed by atoms with van der Waals surface area (Å²) in [6, 6.07) is 8.10. The minimum atomic E-state index is -3.66. The molecular weight excluding hydrogens is 367 g/mol. The third-order valence-electron chi connectivity index (χ3n) is 4.41. The monoisotopic (exact) mass is 394 g/mol. The molecule has 2 N–H and O–H groups in total. The maximum absolute atomic E-state index is 13.8. The van der Waals surface area contributed by atoms with Crippen LogP contribution in [-0.2, 0) is 23.1 Å². The van der Waals surface area contributed by atoms with Crippen LogP contribution >= 0.6 is 0 Å². The summed E-state index contributed by atoms with van der Waals surface area (Å²) in [6.45, 7) is 7.56. The van der Waals surface area contributed by atoms with Crippen LogP contribution in [0.5, 0.6) is 0 Å². The van der Waals surface area contributed by atoms with Gasteiger partial charge in [-0.3, -0.25) is 4.68 Å². The van der Waals surface area contributed by atoms with Crippen LogP contribution in [0.2, 0.25) is 0 Å². The van der Waals surface area contributed by atoms with E-state index in [9.17, 15) is 12.8 Å². The molecule has 27 heavy (non-hydrogen) atoms. The van der Waals surface area contributed by atoms with Crippen LogP contribution in [0.25, 0.3) is 0 Å². The second-order valence-electron chi connectivity index (χ2n) is 6.65. The molecule has 0 aliphatic carbocycles. The van der Waals surface area contributed by atoms with Crippen molar-refractivity contribution in [1.82, 2.24) is 14.1 Å². The first kappa shape index (κ1) is 21.3. The Labute approximate surface area is 160 Å². The Balaban J connectivity index is 2.38. The summed E-state index contributed by atoms with van der Waals surface area (Å²) in [7, 11) is -3.66. The second kappa shape index (κ2) is 8.77. The summed E-state index contributed by atoms with van der Waals surface area (Å²) < 4.78 is 43.0. The van der Waals surface area contributed by atoms with E-state index in [4.69, 9.17) is 5.73 Å². The van der Waals surface area contributed by atoms with Gasteiger partial charge in [-0.15, -0.1) is 0 Å². The van der Waals surface area contributed by atoms with Gasteiger partial charge in [0, 0.05) is 30.4 Å². The molecule has 1 heterocycles. The summed E-state index contributed by atoms with van der Waals surface area (Å²) in [5.41, 5.74) is 7.54. The van der Waals surface area contributed by atoms with Crippen molar-refractivity contribution in [3.63, 3.8) is 0 Å². The van der Waals surface area contributed by atoms with E-state index in [2.05, 4.69) is 5.10 Å². The first-order valence-electron chi connectivity index (χ1n) is 8.82. The number of allylic oxidation sites excluding steroid dienone is 1. The lowest BCUT2D eigenvalue weighted by Crippen LogP contribution is -2.36. The lowest BCUT2D eigenvalue weighted by molar-refractivity contribution is 0.346. The molecule has 0 saturated heterocycles. The molecule has 0 fully saturated rings. The number of nitrogens with two attached hydrogens (primary N) is 1. The van der Waals surface area contributed by atoms with E-state index < -0.39 is 10.0 Å². The van der Waals surface area contributed by atoms with E-state index in [1.165, 1.54) is 10.4 Å². The molecular formula is C19H27FN4O2S. The highest BCUT2D eigenvalue weighted by molar-refractivity contribution is 7.89. The van der Waals surface area contributed by atoms with E-state index in [1.807, 2.05) is 20.8 Å². The van der Waals surface area contributed by atoms with Crippen LogP contribution < -0.4 is 5.73 Å². The normalized spacial score (nSPS) is 13.0. The first-order valence-corrected chi connectivity index (χ1v) is 10.3. The number of hydrogen-bond acceptors (Lipinski definition) is 4. The van der Waals surface area contributed by atoms with Crippen LogP contribution in [0.3, 0.4) is 0 Å². The zero-order valence-electron chi connectivity index (χ0n) is 16.2. The van der Waals surface area contributed by atoms with Crippen molar-refractivity contribution >= 4 is 10.0 Å². The van der Waals surface area contributed by atoms with Crippen LogP contribution in [0, 0.1) is 13.8 Å². The standard InChI is InChI=1S/C19H27FN4O2S/c1-14(2)24(27(25,26)18-8-6-5-7-9-18)13-19-15(3)22-23(16(19)4)12-17(20)10-11-21/h5-10,14H,11-13,21H2,1-4H3/b17-10-. The van der Waals surface area contributed by atoms with Crippen molar-refractivity contribution in [3.05, 3.63) is 59.2 Å². The molecule has 0 aliphatic heterocycles. The van der Waals surface area contributed by atoms with Gasteiger partial charge in [0.05, 0.1) is 17.1 Å². The van der Waals surface area contributed by atoms with Gasteiger partial charge >= 0.3 is 0 Å². The predicted octanol–water partition coefficient (Wildman–Crippen LogP) is 2.91. The van der Waals surface area contributed by atoms with E-state index in [1.54, 1.807) is 41.9 Å². The molecule has 0 bridgehead atoms. The van der Waals surface area contributed by atoms with Crippen molar-refractivity contribution in [3.8, 4) is 0 Å². The Hall–Kier alpha value is -2.03. The maximum Gasteiger partial charge on any atom is 0.243 e. The molecule has 148 valence electrons. The molecule has 0 amide bonds. The van der Waals surface area contributed by atoms with Crippen molar-refractivity contribution in [2.75, 3.05) is 6.54 Å². The van der Waals surface area contributed by atoms with Crippen molar-refractivity contribution in [2.24, 2.45) is 5.73 Å². The van der Waals surface area contributed by atoms with E-state index >= 15 is 0 Å². The number of hydrogen-bond donors (Lipinski definition) is 1. The quantitative estimate of drug-likeness (QED) is 0.746. The van der Waals surface area contributed by atoms with Crippen LogP contribution in [0.1, 0.15) is 30.8 Å². The van der Waals surface area contributed by atoms with Gasteiger partial charge in [-0.05, 0) is 45.9 Å². The van der Waals surface area contributed by atoms with Gasteiger partial charge in [0.1, 0.15) is 5.83 Å². The molecule has 0 aliphatic rings. The third-order valence-corrected chi connectivity index (χ3v) is 6.45. The molecule has 2 rings (SSSR count). The molecule has 0 radical (unpaired) electrons. The summed E-state index contributed by atoms with van der Waals surface area (Å²) in [5, 5.41) is 4.37. The average Bonchev–Trinajstić information content (AvgIpc) is 2.86. The zero-order valence-corrected chi connectivity index (χ0v) is 17.0. The van der Waals surface area contributed by atoms with Crippen LogP contribution in [0.15, 0.2) is 47.1 Å². The number of halogens is 1. The van der Waals surface area contributed by atoms with Gasteiger partial charge < -0.3 is 5.73 Å². The lowest BCUT2D eigenvalue weighted by atomic mass is 10.2. The van der Waals surface area contributed by atoms with Crippen LogP contribution in [-0.4, -0.2) is 35.1 Å². The molecule has 1 aromatic carbocycles. The van der Waals surface area contributed by atoms with Gasteiger partial charge in [0.15, 0.2) is 0 Å². The topological polar surface area (TPSA) is 81.2 Å². The highest BCUT2D eigenvalue weighted by atomic mass is 32.2. The highest BCUT2D eigenvalue weighted by Crippen LogP contribution is 2.24. The average molecular weight is 395 g/mol. The predicted molar refractivity (Wildman–Crippen MR) is 104 cm³/mol. The van der Waals surface area contributed by atoms with Crippen molar-refractivity contribution in [1.29, 1.82) is 0 Å². The second-order valence-corrected chi connectivity index (χ2v) is 8.54. The molecule has 0 atom stereocenters. The number of aryl methyl sites for hydroxylation is 1. The van der Waals surface area contributed by atoms with Gasteiger partial charge in [-0.2, -0.15) is 9.40 Å². The molecule has 0 spiro atoms. The van der Waals surface area contributed by atoms with Gasteiger partial charge in [-0.25, -0.2) is 12.8 Å². The first-order chi connectivity index (χ1) is 12.7. The highest BCUT2D eigenvalue weighted by Gasteiger charge is 2.29. The number of nitrogens with zero attached hydrogens (tertiary/aromatic N) is 3. The Morgan fingerprint density at radius 1 is 1.30 bits per heavy atom. The van der Waals surface area contributed by atoms with Crippen molar-refractivity contribution < 1.29 is 12.8 Å². The summed E-state index contributed by atoms with van der Waals surface area (Å²) >= 11 is 0. The fourth-order valence-corrected chi connectivity index (χ4v) is 4.51. The fourth-order valence-electron chi connectivity index (χ4n) is 2.88. The minimum Gasteiger partial charge on any atom is -0.327 e. The number of benzene rings is 1. The number of rotatable bonds is 8. The summed E-state index contributed by atoms with van der Waals surface area (Å²) in [4.78, 5) is 0.248. The molecule has 0 saturated carbocycles. The number of aromatic nitrogens is 2. The molecule has 6 nitrogen and oxygen atoms in total. The minimum absolute atomic E-state index is 0.0169. The Morgan fingerprint density at radius 3 is 2.48 bits per heavy atom. The molecule has 8 heteroatoms. The van der Waals surface area contributed by atoms with E-state index in [0.29, 0.717) is 5.69 Å². The SMILES string of the molecule is Cc1nn(C/C(F)=C/CN)c(C)c1CN(C(C)C)S(=O)(=O)c1ccccc1. The Bertz CT molecular complexity index is 905. The van der Waals surface area contributed by atoms with E-state index in [-0.39, 0.29) is 36.4 Å². The summed E-state index contributed by atoms with van der Waals surface area (Å²) in [5.74, 6) is -0.368. The van der Waals surface area contributed by atoms with Crippen molar-refractivity contribution in [2.45, 2.75) is 51.7 Å². The fraction of sp³-hybridized carbons (Fsp3) is 0.421. The molecule has 2 aromatic rings. The Morgan fingerprint density at radius 2 is 1.93 bits per heavy atom. The van der Waals surface area contributed by atoms with Gasteiger partial charge in [0.25, 0.3) is 0 Å². The number of sulfonamides is 1. The summed E-state index contributed by atoms with van der Waals surface area (Å²) in [6.07, 6.45) is 1.30. The van der Waals surface area contributed by atoms with Gasteiger partial charge in [0.2, 0.25) is 10.0 Å². The lowest BCUT2D eigenvalue weighted by Gasteiger charge is -2.26. The largest absolute Gasteiger partial charge is 0.327 e. The molecule has 1 aromatic heterocycles. The smallest absolute Gasteiger partial charge is 0.243 e. The molecule has 0 unspecified atom stereocenters. The van der Waals surface area contributed by atoms with Crippen LogP contribution in [0.4, 0.5) is 4.39 Å². The third kappa shape index (κ3) is 4.82.